The van der Waals surface area contributed by atoms with Gasteiger partial charge in [-0.25, -0.2) is 4.98 Å². The lowest BCUT2D eigenvalue weighted by Crippen LogP contribution is -2.19. The lowest BCUT2D eigenvalue weighted by Gasteiger charge is -2.15. The molecule has 0 fully saturated rings. The van der Waals surface area contributed by atoms with Gasteiger partial charge in [0.2, 0.25) is 11.9 Å². The Hall–Kier alpha value is -2.97. The fraction of sp³-hybridized carbons (Fsp3) is 0.188. The lowest BCUT2D eigenvalue weighted by atomic mass is 10.1. The van der Waals surface area contributed by atoms with Crippen LogP contribution in [0, 0.1) is 5.95 Å². The largest absolute Gasteiger partial charge is 0.416 e. The molecule has 9 heteroatoms. The van der Waals surface area contributed by atoms with Crippen LogP contribution in [0.1, 0.15) is 12.5 Å². The molecule has 130 valence electrons. The van der Waals surface area contributed by atoms with Crippen molar-refractivity contribution in [3.63, 3.8) is 0 Å². The molecular formula is C16H12F4N4O. The van der Waals surface area contributed by atoms with Crippen molar-refractivity contribution in [2.24, 2.45) is 0 Å². The van der Waals surface area contributed by atoms with Gasteiger partial charge in [0.15, 0.2) is 0 Å². The summed E-state index contributed by atoms with van der Waals surface area (Å²) in [6, 6.07) is 4.32. The standard InChI is InChI=1S/C16H12F4N4O/c1-2-21-15-23-14(25)12(10-4-3-6-22-13(10)17)11-8-9(16(18,19)20)5-7-24(11)15/h3-8H,2H2,1H3,(H,21,23,25). The summed E-state index contributed by atoms with van der Waals surface area (Å²) in [5.74, 6) is -0.888. The third kappa shape index (κ3) is 3.04. The normalized spacial score (nSPS) is 11.7. The van der Waals surface area contributed by atoms with Crippen molar-refractivity contribution in [2.75, 3.05) is 11.9 Å². The SMILES string of the molecule is CCNc1nc(=O)c(-c2cccnc2F)c2cc(C(F)(F)F)ccn12. The van der Waals surface area contributed by atoms with Crippen molar-refractivity contribution in [2.45, 2.75) is 13.1 Å². The number of aromatic nitrogens is 3. The zero-order chi connectivity index (χ0) is 18.2. The molecule has 1 N–H and O–H groups in total. The Morgan fingerprint density at radius 2 is 2.04 bits per heavy atom. The van der Waals surface area contributed by atoms with Gasteiger partial charge in [0, 0.05) is 24.5 Å². The zero-order valence-electron chi connectivity index (χ0n) is 12.9. The fourth-order valence-electron chi connectivity index (χ4n) is 2.48. The molecule has 0 saturated carbocycles. The molecule has 0 amide bonds. The average Bonchev–Trinajstić information content (AvgIpc) is 2.55. The van der Waals surface area contributed by atoms with Crippen molar-refractivity contribution in [3.8, 4) is 11.1 Å². The minimum Gasteiger partial charge on any atom is -0.356 e. The highest BCUT2D eigenvalue weighted by molar-refractivity contribution is 5.81. The second-order valence-electron chi connectivity index (χ2n) is 5.16. The maximum Gasteiger partial charge on any atom is 0.416 e. The molecule has 0 radical (unpaired) electrons. The first-order chi connectivity index (χ1) is 11.8. The number of halogens is 4. The third-order valence-electron chi connectivity index (χ3n) is 3.55. The summed E-state index contributed by atoms with van der Waals surface area (Å²) in [6.07, 6.45) is -2.29. The second-order valence-corrected chi connectivity index (χ2v) is 5.16. The Morgan fingerprint density at radius 1 is 1.28 bits per heavy atom. The smallest absolute Gasteiger partial charge is 0.356 e. The fourth-order valence-corrected chi connectivity index (χ4v) is 2.48. The van der Waals surface area contributed by atoms with Gasteiger partial charge in [0.05, 0.1) is 16.6 Å². The molecule has 25 heavy (non-hydrogen) atoms. The highest BCUT2D eigenvalue weighted by Gasteiger charge is 2.31. The molecule has 3 heterocycles. The van der Waals surface area contributed by atoms with Gasteiger partial charge in [-0.05, 0) is 31.2 Å². The quantitative estimate of drug-likeness (QED) is 0.580. The van der Waals surface area contributed by atoms with Gasteiger partial charge in [0.1, 0.15) is 0 Å². The number of fused-ring (bicyclic) bond motifs is 1. The molecule has 3 rings (SSSR count). The van der Waals surface area contributed by atoms with Gasteiger partial charge in [-0.3, -0.25) is 9.20 Å². The van der Waals surface area contributed by atoms with Crippen LogP contribution >= 0.6 is 0 Å². The Bertz CT molecular complexity index is 998. The van der Waals surface area contributed by atoms with Crippen molar-refractivity contribution < 1.29 is 17.6 Å². The number of hydrogen-bond acceptors (Lipinski definition) is 4. The maximum atomic E-state index is 14.0. The number of hydrogen-bond donors (Lipinski definition) is 1. The van der Waals surface area contributed by atoms with E-state index in [1.807, 2.05) is 0 Å². The predicted molar refractivity (Wildman–Crippen MR) is 83.8 cm³/mol. The first kappa shape index (κ1) is 16.9. The minimum absolute atomic E-state index is 0.0734. The number of rotatable bonds is 3. The van der Waals surface area contributed by atoms with E-state index < -0.39 is 23.2 Å². The van der Waals surface area contributed by atoms with Crippen LogP contribution in [0.5, 0.6) is 0 Å². The van der Waals surface area contributed by atoms with E-state index in [-0.39, 0.29) is 22.6 Å². The van der Waals surface area contributed by atoms with Gasteiger partial charge in [-0.2, -0.15) is 22.5 Å². The highest BCUT2D eigenvalue weighted by Crippen LogP contribution is 2.32. The Balaban J connectivity index is 2.43. The van der Waals surface area contributed by atoms with E-state index in [0.29, 0.717) is 6.54 Å². The van der Waals surface area contributed by atoms with Crippen LogP contribution in [0.4, 0.5) is 23.5 Å². The van der Waals surface area contributed by atoms with E-state index in [1.54, 1.807) is 6.92 Å². The molecule has 0 atom stereocenters. The van der Waals surface area contributed by atoms with Gasteiger partial charge in [0.25, 0.3) is 5.56 Å². The topological polar surface area (TPSA) is 59.3 Å². The van der Waals surface area contributed by atoms with Crippen LogP contribution in [0.25, 0.3) is 16.6 Å². The van der Waals surface area contributed by atoms with Gasteiger partial charge >= 0.3 is 6.18 Å². The summed E-state index contributed by atoms with van der Waals surface area (Å²) in [7, 11) is 0. The lowest BCUT2D eigenvalue weighted by molar-refractivity contribution is -0.137. The monoisotopic (exact) mass is 352 g/mol. The van der Waals surface area contributed by atoms with Crippen LogP contribution in [0.3, 0.4) is 0 Å². The highest BCUT2D eigenvalue weighted by atomic mass is 19.4. The van der Waals surface area contributed by atoms with E-state index in [1.165, 1.54) is 22.7 Å². The van der Waals surface area contributed by atoms with Gasteiger partial charge < -0.3 is 5.32 Å². The van der Waals surface area contributed by atoms with E-state index in [0.717, 1.165) is 18.3 Å². The summed E-state index contributed by atoms with van der Waals surface area (Å²) in [5, 5.41) is 2.80. The summed E-state index contributed by atoms with van der Waals surface area (Å²) in [6.45, 7) is 2.15. The van der Waals surface area contributed by atoms with Crippen LogP contribution in [0.15, 0.2) is 41.5 Å². The number of nitrogens with one attached hydrogen (secondary N) is 1. The molecule has 0 spiro atoms. The van der Waals surface area contributed by atoms with Gasteiger partial charge in [-0.15, -0.1) is 0 Å². The maximum absolute atomic E-state index is 14.0. The van der Waals surface area contributed by atoms with Crippen molar-refractivity contribution in [3.05, 3.63) is 58.5 Å². The van der Waals surface area contributed by atoms with Crippen LogP contribution in [0.2, 0.25) is 0 Å². The van der Waals surface area contributed by atoms with Crippen LogP contribution in [-0.2, 0) is 6.18 Å². The molecule has 3 aromatic heterocycles. The summed E-state index contributed by atoms with van der Waals surface area (Å²) in [4.78, 5) is 19.7. The molecule has 0 aliphatic rings. The number of nitrogens with zero attached hydrogens (tertiary/aromatic N) is 3. The zero-order valence-corrected chi connectivity index (χ0v) is 12.9. The first-order valence-corrected chi connectivity index (χ1v) is 7.31. The molecule has 0 unspecified atom stereocenters. The summed E-state index contributed by atoms with van der Waals surface area (Å²) in [5.41, 5.74) is -2.40. The van der Waals surface area contributed by atoms with E-state index in [4.69, 9.17) is 0 Å². The Labute approximate surface area is 139 Å². The van der Waals surface area contributed by atoms with Crippen LogP contribution < -0.4 is 10.9 Å². The Morgan fingerprint density at radius 3 is 2.68 bits per heavy atom. The molecule has 0 aliphatic heterocycles. The summed E-state index contributed by atoms with van der Waals surface area (Å²) < 4.78 is 54.5. The number of anilines is 1. The van der Waals surface area contributed by atoms with Crippen molar-refractivity contribution in [1.29, 1.82) is 0 Å². The van der Waals surface area contributed by atoms with E-state index in [9.17, 15) is 22.4 Å². The van der Waals surface area contributed by atoms with E-state index in [2.05, 4.69) is 15.3 Å². The number of alkyl halides is 3. The molecule has 3 aromatic rings. The van der Waals surface area contributed by atoms with Crippen molar-refractivity contribution in [1.82, 2.24) is 14.4 Å². The first-order valence-electron chi connectivity index (χ1n) is 7.31. The van der Waals surface area contributed by atoms with Crippen molar-refractivity contribution >= 4 is 11.5 Å². The molecule has 0 aromatic carbocycles. The molecule has 0 saturated heterocycles. The second kappa shape index (κ2) is 6.15. The van der Waals surface area contributed by atoms with E-state index >= 15 is 0 Å². The molecule has 5 nitrogen and oxygen atoms in total. The van der Waals surface area contributed by atoms with Gasteiger partial charge in [-0.1, -0.05) is 0 Å². The summed E-state index contributed by atoms with van der Waals surface area (Å²) >= 11 is 0. The third-order valence-corrected chi connectivity index (χ3v) is 3.55. The number of pyridine rings is 2. The molecule has 0 aliphatic carbocycles. The predicted octanol–water partition coefficient (Wildman–Crippen LogP) is 3.35. The minimum atomic E-state index is -4.61. The Kier molecular flexibility index (Phi) is 4.15. The molecular weight excluding hydrogens is 340 g/mol. The van der Waals surface area contributed by atoms with Crippen LogP contribution in [-0.4, -0.2) is 20.9 Å². The molecule has 0 bridgehead atoms. The average molecular weight is 352 g/mol.